The molecule has 1 amide bonds. The minimum absolute atomic E-state index is 0.0101. The van der Waals surface area contributed by atoms with Gasteiger partial charge in [0.05, 0.1) is 11.1 Å². The molecule has 0 bridgehead atoms. The molecule has 6 nitrogen and oxygen atoms in total. The van der Waals surface area contributed by atoms with E-state index in [1.807, 2.05) is 6.92 Å². The number of carbonyl (C=O) groups is 2. The lowest BCUT2D eigenvalue weighted by molar-refractivity contribution is 0.0999. The normalized spacial score (nSPS) is 10.8. The summed E-state index contributed by atoms with van der Waals surface area (Å²) in [6.45, 7) is 3.37. The molecule has 7 heteroatoms. The first-order valence-corrected chi connectivity index (χ1v) is 7.96. The number of aryl methyl sites for hydroxylation is 1. The number of carbonyl (C=O) groups excluding carboxylic acids is 2. The van der Waals surface area contributed by atoms with Crippen molar-refractivity contribution in [3.05, 3.63) is 46.5 Å². The molecule has 24 heavy (non-hydrogen) atoms. The molecule has 3 rings (SSSR count). The Hall–Kier alpha value is -2.93. The van der Waals surface area contributed by atoms with Crippen LogP contribution in [0.4, 0.5) is 5.69 Å². The molecule has 0 spiro atoms. The zero-order chi connectivity index (χ0) is 17.4. The summed E-state index contributed by atoms with van der Waals surface area (Å²) in [6.07, 6.45) is 1.58. The third-order valence-electron chi connectivity index (χ3n) is 3.62. The van der Waals surface area contributed by atoms with Crippen molar-refractivity contribution in [2.75, 3.05) is 5.73 Å². The number of nitrogens with two attached hydrogens (primary N) is 2. The number of ether oxygens (including phenoxy) is 1. The highest BCUT2D eigenvalue weighted by Gasteiger charge is 2.19. The van der Waals surface area contributed by atoms with Crippen LogP contribution >= 0.6 is 11.3 Å². The summed E-state index contributed by atoms with van der Waals surface area (Å²) >= 11 is 1.13. The number of Topliss-reactive ketones (excluding diaryl/α,β-unsaturated/α-hetero) is 1. The van der Waals surface area contributed by atoms with Crippen LogP contribution in [0.1, 0.15) is 32.5 Å². The number of amides is 1. The Balaban J connectivity index is 2.08. The van der Waals surface area contributed by atoms with Gasteiger partial charge in [0.25, 0.3) is 5.91 Å². The van der Waals surface area contributed by atoms with Crippen molar-refractivity contribution in [2.45, 2.75) is 13.8 Å². The van der Waals surface area contributed by atoms with Crippen LogP contribution in [0.5, 0.6) is 11.5 Å². The Morgan fingerprint density at radius 1 is 1.21 bits per heavy atom. The van der Waals surface area contributed by atoms with E-state index in [1.54, 1.807) is 30.5 Å². The number of pyridine rings is 1. The Labute approximate surface area is 142 Å². The van der Waals surface area contributed by atoms with Crippen molar-refractivity contribution in [1.82, 2.24) is 4.98 Å². The lowest BCUT2D eigenvalue weighted by Gasteiger charge is -2.11. The number of nitrogens with zero attached hydrogens (tertiary/aromatic N) is 1. The van der Waals surface area contributed by atoms with E-state index in [0.717, 1.165) is 16.9 Å². The lowest BCUT2D eigenvalue weighted by atomic mass is 10.1. The molecule has 0 aliphatic rings. The number of rotatable bonds is 4. The number of hydrogen-bond donors (Lipinski definition) is 2. The van der Waals surface area contributed by atoms with Crippen molar-refractivity contribution in [1.29, 1.82) is 0 Å². The molecule has 0 aliphatic carbocycles. The highest BCUT2D eigenvalue weighted by Crippen LogP contribution is 2.40. The molecule has 1 aromatic carbocycles. The highest BCUT2D eigenvalue weighted by molar-refractivity contribution is 7.21. The third kappa shape index (κ3) is 2.69. The number of aromatic nitrogens is 1. The predicted molar refractivity (Wildman–Crippen MR) is 93.8 cm³/mol. The Kier molecular flexibility index (Phi) is 3.94. The predicted octanol–water partition coefficient (Wildman–Crippen LogP) is 3.28. The summed E-state index contributed by atoms with van der Waals surface area (Å²) in [4.78, 5) is 28.0. The van der Waals surface area contributed by atoms with Gasteiger partial charge in [0, 0.05) is 11.8 Å². The van der Waals surface area contributed by atoms with Gasteiger partial charge in [0.15, 0.2) is 5.78 Å². The molecule has 0 saturated carbocycles. The van der Waals surface area contributed by atoms with E-state index in [2.05, 4.69) is 4.98 Å². The maximum atomic E-state index is 11.5. The van der Waals surface area contributed by atoms with E-state index in [9.17, 15) is 9.59 Å². The van der Waals surface area contributed by atoms with Gasteiger partial charge in [0.2, 0.25) is 0 Å². The zero-order valence-electron chi connectivity index (χ0n) is 13.1. The van der Waals surface area contributed by atoms with Gasteiger partial charge in [-0.3, -0.25) is 9.59 Å². The molecule has 2 aromatic heterocycles. The van der Waals surface area contributed by atoms with Crippen LogP contribution in [-0.4, -0.2) is 16.7 Å². The van der Waals surface area contributed by atoms with E-state index in [4.69, 9.17) is 16.2 Å². The summed E-state index contributed by atoms with van der Waals surface area (Å²) in [5, 5.41) is 0.561. The van der Waals surface area contributed by atoms with Crippen molar-refractivity contribution >= 4 is 38.9 Å². The maximum absolute atomic E-state index is 11.5. The number of benzene rings is 1. The van der Waals surface area contributed by atoms with Crippen LogP contribution < -0.4 is 16.2 Å². The van der Waals surface area contributed by atoms with E-state index in [-0.39, 0.29) is 16.3 Å². The van der Waals surface area contributed by atoms with Crippen LogP contribution in [0.15, 0.2) is 30.5 Å². The summed E-state index contributed by atoms with van der Waals surface area (Å²) in [7, 11) is 0. The number of ketones is 1. The first-order valence-electron chi connectivity index (χ1n) is 7.14. The van der Waals surface area contributed by atoms with Gasteiger partial charge < -0.3 is 16.2 Å². The second-order valence-electron chi connectivity index (χ2n) is 5.34. The van der Waals surface area contributed by atoms with E-state index < -0.39 is 5.91 Å². The zero-order valence-corrected chi connectivity index (χ0v) is 13.9. The smallest absolute Gasteiger partial charge is 0.260 e. The molecule has 122 valence electrons. The SMILES string of the molecule is CC(=O)c1ccc(Oc2ccnc3sc(C(N)=O)c(N)c23)c(C)c1. The van der Waals surface area contributed by atoms with Crippen LogP contribution in [0, 0.1) is 6.92 Å². The molecule has 0 radical (unpaired) electrons. The van der Waals surface area contributed by atoms with Crippen LogP contribution in [-0.2, 0) is 0 Å². The number of primary amides is 1. The molecule has 0 fully saturated rings. The van der Waals surface area contributed by atoms with Crippen LogP contribution in [0.3, 0.4) is 0 Å². The Morgan fingerprint density at radius 2 is 1.96 bits per heavy atom. The van der Waals surface area contributed by atoms with Crippen molar-refractivity contribution < 1.29 is 14.3 Å². The number of hydrogen-bond acceptors (Lipinski definition) is 6. The topological polar surface area (TPSA) is 108 Å². The van der Waals surface area contributed by atoms with Gasteiger partial charge in [-0.1, -0.05) is 0 Å². The van der Waals surface area contributed by atoms with Crippen LogP contribution in [0.2, 0.25) is 0 Å². The molecule has 4 N–H and O–H groups in total. The number of fused-ring (bicyclic) bond motifs is 1. The fraction of sp³-hybridized carbons (Fsp3) is 0.118. The fourth-order valence-electron chi connectivity index (χ4n) is 2.39. The first-order chi connectivity index (χ1) is 11.4. The van der Waals surface area contributed by atoms with Gasteiger partial charge in [-0.15, -0.1) is 11.3 Å². The molecule has 2 heterocycles. The minimum atomic E-state index is -0.594. The van der Waals surface area contributed by atoms with Gasteiger partial charge in [-0.25, -0.2) is 4.98 Å². The summed E-state index contributed by atoms with van der Waals surface area (Å²) in [6, 6.07) is 6.88. The summed E-state index contributed by atoms with van der Waals surface area (Å²) < 4.78 is 5.95. The van der Waals surface area contributed by atoms with Gasteiger partial charge >= 0.3 is 0 Å². The quantitative estimate of drug-likeness (QED) is 0.708. The van der Waals surface area contributed by atoms with E-state index in [1.165, 1.54) is 6.92 Å². The van der Waals surface area contributed by atoms with Crippen molar-refractivity contribution in [2.24, 2.45) is 5.73 Å². The van der Waals surface area contributed by atoms with Gasteiger partial charge in [0.1, 0.15) is 21.2 Å². The van der Waals surface area contributed by atoms with Gasteiger partial charge in [-0.05, 0) is 43.7 Å². The largest absolute Gasteiger partial charge is 0.456 e. The standard InChI is InChI=1S/C17H15N3O3S/c1-8-7-10(9(2)21)3-4-11(8)23-12-5-6-20-17-13(12)14(18)15(24-17)16(19)22/h3-7H,18H2,1-2H3,(H2,19,22). The molecule has 0 saturated heterocycles. The van der Waals surface area contributed by atoms with Crippen molar-refractivity contribution in [3.63, 3.8) is 0 Å². The molecule has 3 aromatic rings. The monoisotopic (exact) mass is 341 g/mol. The average molecular weight is 341 g/mol. The molecule has 0 unspecified atom stereocenters. The van der Waals surface area contributed by atoms with Crippen LogP contribution in [0.25, 0.3) is 10.2 Å². The Morgan fingerprint density at radius 3 is 2.58 bits per heavy atom. The molecule has 0 atom stereocenters. The average Bonchev–Trinajstić information content (AvgIpc) is 2.87. The lowest BCUT2D eigenvalue weighted by Crippen LogP contribution is -2.10. The molecular weight excluding hydrogens is 326 g/mol. The first kappa shape index (κ1) is 15.9. The van der Waals surface area contributed by atoms with E-state index in [0.29, 0.717) is 27.3 Å². The minimum Gasteiger partial charge on any atom is -0.456 e. The second kappa shape index (κ2) is 5.93. The number of anilines is 1. The van der Waals surface area contributed by atoms with Gasteiger partial charge in [-0.2, -0.15) is 0 Å². The third-order valence-corrected chi connectivity index (χ3v) is 4.74. The summed E-state index contributed by atoms with van der Waals surface area (Å²) in [5.74, 6) is 0.478. The molecular formula is C17H15N3O3S. The van der Waals surface area contributed by atoms with E-state index >= 15 is 0 Å². The molecule has 0 aliphatic heterocycles. The summed E-state index contributed by atoms with van der Waals surface area (Å²) in [5.41, 5.74) is 13.1. The fourth-order valence-corrected chi connectivity index (χ4v) is 3.32. The maximum Gasteiger partial charge on any atom is 0.260 e. The Bertz CT molecular complexity index is 979. The second-order valence-corrected chi connectivity index (χ2v) is 6.34. The van der Waals surface area contributed by atoms with Crippen molar-refractivity contribution in [3.8, 4) is 11.5 Å². The number of thiophene rings is 1. The highest BCUT2D eigenvalue weighted by atomic mass is 32.1. The number of nitrogen functional groups attached to an aromatic ring is 1.